The first-order valence-corrected chi connectivity index (χ1v) is 5.67. The van der Waals surface area contributed by atoms with Gasteiger partial charge in [-0.25, -0.2) is 0 Å². The molecule has 0 aromatic heterocycles. The maximum absolute atomic E-state index is 11.4. The van der Waals surface area contributed by atoms with Crippen molar-refractivity contribution >= 4 is 5.78 Å². The summed E-state index contributed by atoms with van der Waals surface area (Å²) in [5.41, 5.74) is 2.63. The number of carbonyl (C=O) groups is 1. The SMILES string of the molecule is Cc1ccc(CCCC(=O)C2[CH]C2)cc1. The van der Waals surface area contributed by atoms with E-state index >= 15 is 0 Å². The summed E-state index contributed by atoms with van der Waals surface area (Å²) in [7, 11) is 0. The highest BCUT2D eigenvalue weighted by molar-refractivity contribution is 5.85. The van der Waals surface area contributed by atoms with Crippen LogP contribution in [0, 0.1) is 19.3 Å². The molecule has 79 valence electrons. The fourth-order valence-electron chi connectivity index (χ4n) is 1.74. The van der Waals surface area contributed by atoms with Gasteiger partial charge in [0.25, 0.3) is 0 Å². The van der Waals surface area contributed by atoms with Crippen LogP contribution in [0.4, 0.5) is 0 Å². The van der Waals surface area contributed by atoms with Crippen molar-refractivity contribution in [1.82, 2.24) is 0 Å². The van der Waals surface area contributed by atoms with Crippen molar-refractivity contribution in [1.29, 1.82) is 0 Å². The van der Waals surface area contributed by atoms with Crippen LogP contribution in [0.3, 0.4) is 0 Å². The van der Waals surface area contributed by atoms with Crippen molar-refractivity contribution in [2.75, 3.05) is 0 Å². The molecule has 0 aliphatic heterocycles. The van der Waals surface area contributed by atoms with Gasteiger partial charge in [-0.05, 0) is 38.2 Å². The molecule has 1 aliphatic rings. The lowest BCUT2D eigenvalue weighted by molar-refractivity contribution is -0.120. The lowest BCUT2D eigenvalue weighted by atomic mass is 10.0. The Morgan fingerprint density at radius 2 is 2.00 bits per heavy atom. The van der Waals surface area contributed by atoms with E-state index in [-0.39, 0.29) is 0 Å². The molecule has 0 heterocycles. The van der Waals surface area contributed by atoms with Crippen molar-refractivity contribution in [2.24, 2.45) is 5.92 Å². The van der Waals surface area contributed by atoms with E-state index in [2.05, 4.69) is 37.6 Å². The van der Waals surface area contributed by atoms with Gasteiger partial charge >= 0.3 is 0 Å². The molecule has 0 spiro atoms. The van der Waals surface area contributed by atoms with Crippen LogP contribution in [0.15, 0.2) is 24.3 Å². The third-order valence-corrected chi connectivity index (χ3v) is 2.89. The van der Waals surface area contributed by atoms with Gasteiger partial charge in [0.2, 0.25) is 0 Å². The molecule has 1 unspecified atom stereocenters. The predicted molar refractivity (Wildman–Crippen MR) is 61.5 cm³/mol. The summed E-state index contributed by atoms with van der Waals surface area (Å²) >= 11 is 0. The summed E-state index contributed by atoms with van der Waals surface area (Å²) in [5.74, 6) is 0.741. The number of carbonyl (C=O) groups excluding carboxylic acids is 1. The molecule has 0 saturated heterocycles. The molecule has 1 aromatic carbocycles. The standard InChI is InChI=1S/C14H17O/c1-11-5-7-12(8-6-11)3-2-4-14(15)13-9-10-13/h5-9,13H,2-4,10H2,1H3. The number of ketones is 1. The first-order valence-electron chi connectivity index (χ1n) is 5.67. The molecule has 1 saturated carbocycles. The summed E-state index contributed by atoms with van der Waals surface area (Å²) in [6.07, 6.45) is 5.87. The normalized spacial score (nSPS) is 15.3. The molecule has 1 atom stereocenters. The first-order chi connectivity index (χ1) is 7.25. The average molecular weight is 201 g/mol. The summed E-state index contributed by atoms with van der Waals surface area (Å²) in [6, 6.07) is 8.57. The topological polar surface area (TPSA) is 17.1 Å². The molecule has 1 heteroatoms. The predicted octanol–water partition coefficient (Wildman–Crippen LogP) is 3.11. The van der Waals surface area contributed by atoms with Crippen LogP contribution in [0.2, 0.25) is 0 Å². The molecule has 2 rings (SSSR count). The zero-order chi connectivity index (χ0) is 10.7. The average Bonchev–Trinajstić information content (AvgIpc) is 3.04. The van der Waals surface area contributed by atoms with Gasteiger partial charge in [-0.2, -0.15) is 0 Å². The van der Waals surface area contributed by atoms with E-state index in [9.17, 15) is 4.79 Å². The molecule has 0 N–H and O–H groups in total. The van der Waals surface area contributed by atoms with E-state index in [4.69, 9.17) is 0 Å². The van der Waals surface area contributed by atoms with Gasteiger partial charge in [0, 0.05) is 12.3 Å². The molecule has 15 heavy (non-hydrogen) atoms. The zero-order valence-electron chi connectivity index (χ0n) is 9.20. The summed E-state index contributed by atoms with van der Waals surface area (Å²) in [6.45, 7) is 2.09. The molecule has 1 aromatic rings. The molecular weight excluding hydrogens is 184 g/mol. The van der Waals surface area contributed by atoms with Crippen LogP contribution >= 0.6 is 0 Å². The van der Waals surface area contributed by atoms with Crippen LogP contribution < -0.4 is 0 Å². The fraction of sp³-hybridized carbons (Fsp3) is 0.429. The lowest BCUT2D eigenvalue weighted by Crippen LogP contribution is -2.00. The largest absolute Gasteiger partial charge is 0.299 e. The number of benzene rings is 1. The number of aryl methyl sites for hydroxylation is 2. The Morgan fingerprint density at radius 3 is 2.60 bits per heavy atom. The highest BCUT2D eigenvalue weighted by atomic mass is 16.1. The van der Waals surface area contributed by atoms with Crippen LogP contribution in [0.5, 0.6) is 0 Å². The van der Waals surface area contributed by atoms with Crippen LogP contribution in [-0.4, -0.2) is 5.78 Å². The Labute approximate surface area is 91.5 Å². The number of hydrogen-bond donors (Lipinski definition) is 0. The Kier molecular flexibility index (Phi) is 3.20. The number of Topliss-reactive ketones (excluding diaryl/α,β-unsaturated/α-hetero) is 1. The van der Waals surface area contributed by atoms with Gasteiger partial charge in [-0.15, -0.1) is 0 Å². The van der Waals surface area contributed by atoms with Crippen molar-refractivity contribution in [3.8, 4) is 0 Å². The van der Waals surface area contributed by atoms with Crippen LogP contribution in [0.25, 0.3) is 0 Å². The molecule has 1 radical (unpaired) electrons. The van der Waals surface area contributed by atoms with E-state index < -0.39 is 0 Å². The highest BCUT2D eigenvalue weighted by Gasteiger charge is 2.28. The molecule has 0 bridgehead atoms. The van der Waals surface area contributed by atoms with Gasteiger partial charge < -0.3 is 0 Å². The second kappa shape index (κ2) is 4.61. The minimum absolute atomic E-state index is 0.308. The maximum atomic E-state index is 11.4. The van der Waals surface area contributed by atoms with Crippen molar-refractivity contribution < 1.29 is 4.79 Å². The smallest absolute Gasteiger partial charge is 0.136 e. The van der Waals surface area contributed by atoms with Crippen molar-refractivity contribution in [2.45, 2.75) is 32.6 Å². The van der Waals surface area contributed by atoms with E-state index in [1.807, 2.05) is 0 Å². The molecule has 1 fully saturated rings. The zero-order valence-corrected chi connectivity index (χ0v) is 9.20. The summed E-state index contributed by atoms with van der Waals surface area (Å²) in [4.78, 5) is 11.4. The summed E-state index contributed by atoms with van der Waals surface area (Å²) < 4.78 is 0. The highest BCUT2D eigenvalue weighted by Crippen LogP contribution is 2.29. The molecular formula is C14H17O. The van der Waals surface area contributed by atoms with Crippen molar-refractivity contribution in [3.63, 3.8) is 0 Å². The van der Waals surface area contributed by atoms with Gasteiger partial charge in [-0.3, -0.25) is 4.79 Å². The lowest BCUT2D eigenvalue weighted by Gasteiger charge is -2.01. The minimum Gasteiger partial charge on any atom is -0.299 e. The van der Waals surface area contributed by atoms with Crippen LogP contribution in [-0.2, 0) is 11.2 Å². The minimum atomic E-state index is 0.308. The molecule has 1 nitrogen and oxygen atoms in total. The van der Waals surface area contributed by atoms with Gasteiger partial charge in [-0.1, -0.05) is 29.8 Å². The third kappa shape index (κ3) is 3.19. The second-order valence-electron chi connectivity index (χ2n) is 4.38. The number of hydrogen-bond acceptors (Lipinski definition) is 1. The van der Waals surface area contributed by atoms with Crippen molar-refractivity contribution in [3.05, 3.63) is 41.8 Å². The monoisotopic (exact) mass is 201 g/mol. The van der Waals surface area contributed by atoms with Gasteiger partial charge in [0.1, 0.15) is 5.78 Å². The van der Waals surface area contributed by atoms with E-state index in [0.717, 1.165) is 25.7 Å². The Morgan fingerprint density at radius 1 is 1.33 bits per heavy atom. The van der Waals surface area contributed by atoms with Crippen LogP contribution in [0.1, 0.15) is 30.4 Å². The fourth-order valence-corrected chi connectivity index (χ4v) is 1.74. The van der Waals surface area contributed by atoms with E-state index in [1.165, 1.54) is 11.1 Å². The molecule has 1 aliphatic carbocycles. The quantitative estimate of drug-likeness (QED) is 0.715. The third-order valence-electron chi connectivity index (χ3n) is 2.89. The Hall–Kier alpha value is -1.11. The Balaban J connectivity index is 1.73. The maximum Gasteiger partial charge on any atom is 0.136 e. The van der Waals surface area contributed by atoms with E-state index in [1.54, 1.807) is 0 Å². The first kappa shape index (κ1) is 10.4. The summed E-state index contributed by atoms with van der Waals surface area (Å²) in [5, 5.41) is 0. The second-order valence-corrected chi connectivity index (χ2v) is 4.38. The Bertz CT molecular complexity index is 333. The van der Waals surface area contributed by atoms with E-state index in [0.29, 0.717) is 11.7 Å². The van der Waals surface area contributed by atoms with Gasteiger partial charge in [0.05, 0.1) is 0 Å². The number of rotatable bonds is 5. The van der Waals surface area contributed by atoms with Gasteiger partial charge in [0.15, 0.2) is 0 Å². The molecule has 0 amide bonds.